The Morgan fingerprint density at radius 1 is 1.67 bits per heavy atom. The highest BCUT2D eigenvalue weighted by Gasteiger charge is 2.44. The van der Waals surface area contributed by atoms with Crippen molar-refractivity contribution in [3.05, 3.63) is 11.6 Å². The summed E-state index contributed by atoms with van der Waals surface area (Å²) in [7, 11) is 0. The van der Waals surface area contributed by atoms with Gasteiger partial charge in [-0.1, -0.05) is 25.0 Å². The predicted molar refractivity (Wildman–Crippen MR) is 39.2 cm³/mol. The lowest BCUT2D eigenvalue weighted by molar-refractivity contribution is 0.603. The van der Waals surface area contributed by atoms with Gasteiger partial charge in [-0.2, -0.15) is 0 Å². The summed E-state index contributed by atoms with van der Waals surface area (Å²) in [6, 6.07) is 0. The van der Waals surface area contributed by atoms with Crippen LogP contribution in [0.25, 0.3) is 0 Å². The zero-order valence-electron chi connectivity index (χ0n) is 6.06. The fourth-order valence-corrected chi connectivity index (χ4v) is 2.18. The third-order valence-electron chi connectivity index (χ3n) is 2.69. The summed E-state index contributed by atoms with van der Waals surface area (Å²) in [5.41, 5.74) is 1.80. The van der Waals surface area contributed by atoms with Crippen LogP contribution >= 0.6 is 0 Å². The van der Waals surface area contributed by atoms with Crippen LogP contribution in [0.3, 0.4) is 0 Å². The topological polar surface area (TPSA) is 0 Å². The van der Waals surface area contributed by atoms with Gasteiger partial charge in [0.05, 0.1) is 0 Å². The van der Waals surface area contributed by atoms with Gasteiger partial charge >= 0.3 is 0 Å². The molecule has 0 heterocycles. The van der Waals surface area contributed by atoms with E-state index in [9.17, 15) is 0 Å². The molecule has 1 saturated carbocycles. The van der Waals surface area contributed by atoms with Gasteiger partial charge in [-0.15, -0.1) is 0 Å². The first-order valence-electron chi connectivity index (χ1n) is 4.13. The maximum atomic E-state index is 2.46. The molecule has 2 atom stereocenters. The van der Waals surface area contributed by atoms with Crippen molar-refractivity contribution in [1.29, 1.82) is 0 Å². The summed E-state index contributed by atoms with van der Waals surface area (Å²) in [4.78, 5) is 0. The fourth-order valence-electron chi connectivity index (χ4n) is 2.18. The summed E-state index contributed by atoms with van der Waals surface area (Å²) in [6.45, 7) is 2.29. The molecule has 0 bridgehead atoms. The van der Waals surface area contributed by atoms with Gasteiger partial charge in [-0.3, -0.25) is 0 Å². The van der Waals surface area contributed by atoms with Gasteiger partial charge in [-0.25, -0.2) is 0 Å². The van der Waals surface area contributed by atoms with Crippen LogP contribution in [0.2, 0.25) is 0 Å². The summed E-state index contributed by atoms with van der Waals surface area (Å²) in [5.74, 6) is 2.11. The first-order chi connectivity index (χ1) is 4.43. The number of hydrogen-bond acceptors (Lipinski definition) is 0. The Balaban J connectivity index is 1.93. The number of allylic oxidation sites excluding steroid dienone is 2. The summed E-state index contributed by atoms with van der Waals surface area (Å²) in [6.07, 6.45) is 8.14. The molecule has 2 rings (SSSR count). The number of rotatable bonds is 2. The van der Waals surface area contributed by atoms with Crippen LogP contribution in [0.15, 0.2) is 11.6 Å². The third-order valence-corrected chi connectivity index (χ3v) is 2.69. The Hall–Kier alpha value is -0.260. The first-order valence-corrected chi connectivity index (χ1v) is 4.13. The number of fused-ring (bicyclic) bond motifs is 1. The largest absolute Gasteiger partial charge is 0.0847 e. The van der Waals surface area contributed by atoms with Gasteiger partial charge in [0.2, 0.25) is 0 Å². The fraction of sp³-hybridized carbons (Fsp3) is 0.778. The molecular formula is C9H14. The third kappa shape index (κ3) is 0.726. The van der Waals surface area contributed by atoms with E-state index < -0.39 is 0 Å². The number of hydrogen-bond donors (Lipinski definition) is 0. The smallest absolute Gasteiger partial charge is 0.0132 e. The van der Waals surface area contributed by atoms with Gasteiger partial charge in [0.1, 0.15) is 0 Å². The van der Waals surface area contributed by atoms with E-state index in [1.807, 2.05) is 0 Å². The average molecular weight is 122 g/mol. The molecule has 1 fully saturated rings. The Labute approximate surface area is 57.0 Å². The lowest BCUT2D eigenvalue weighted by atomic mass is 10.1. The minimum absolute atomic E-state index is 1.05. The second kappa shape index (κ2) is 1.86. The Bertz CT molecular complexity index is 144. The molecule has 0 N–H and O–H groups in total. The molecule has 9 heavy (non-hydrogen) atoms. The maximum Gasteiger partial charge on any atom is -0.0132 e. The SMILES string of the molecule is CCCC1C2=CCCC21. The van der Waals surface area contributed by atoms with Gasteiger partial charge in [0, 0.05) is 0 Å². The molecule has 0 aromatic rings. The molecule has 2 aliphatic rings. The van der Waals surface area contributed by atoms with Crippen LogP contribution in [0.5, 0.6) is 0 Å². The predicted octanol–water partition coefficient (Wildman–Crippen LogP) is 2.75. The molecule has 2 aliphatic carbocycles. The molecule has 0 aromatic carbocycles. The summed E-state index contributed by atoms with van der Waals surface area (Å²) in [5, 5.41) is 0. The molecular weight excluding hydrogens is 108 g/mol. The van der Waals surface area contributed by atoms with Gasteiger partial charge in [0.25, 0.3) is 0 Å². The van der Waals surface area contributed by atoms with E-state index in [0.717, 1.165) is 11.8 Å². The lowest BCUT2D eigenvalue weighted by Crippen LogP contribution is -1.81. The zero-order valence-corrected chi connectivity index (χ0v) is 6.06. The molecule has 0 spiro atoms. The highest BCUT2D eigenvalue weighted by Crippen LogP contribution is 2.55. The van der Waals surface area contributed by atoms with Crippen LogP contribution in [0.1, 0.15) is 32.6 Å². The molecule has 0 nitrogen and oxygen atoms in total. The Morgan fingerprint density at radius 3 is 3.11 bits per heavy atom. The van der Waals surface area contributed by atoms with Crippen LogP contribution in [-0.2, 0) is 0 Å². The van der Waals surface area contributed by atoms with E-state index in [1.54, 1.807) is 5.57 Å². The first kappa shape index (κ1) is 5.52. The van der Waals surface area contributed by atoms with Crippen LogP contribution in [0, 0.1) is 11.8 Å². The van der Waals surface area contributed by atoms with E-state index in [2.05, 4.69) is 13.0 Å². The molecule has 0 heteroatoms. The monoisotopic (exact) mass is 122 g/mol. The van der Waals surface area contributed by atoms with Crippen molar-refractivity contribution in [3.8, 4) is 0 Å². The van der Waals surface area contributed by atoms with Crippen molar-refractivity contribution in [3.63, 3.8) is 0 Å². The summed E-state index contributed by atoms with van der Waals surface area (Å²) < 4.78 is 0. The Kier molecular flexibility index (Phi) is 1.14. The van der Waals surface area contributed by atoms with Gasteiger partial charge in [0.15, 0.2) is 0 Å². The van der Waals surface area contributed by atoms with Crippen molar-refractivity contribution >= 4 is 0 Å². The molecule has 0 aromatic heterocycles. The average Bonchev–Trinajstić information content (AvgIpc) is 2.39. The molecule has 0 saturated heterocycles. The molecule has 0 amide bonds. The molecule has 50 valence electrons. The van der Waals surface area contributed by atoms with Crippen molar-refractivity contribution in [2.24, 2.45) is 11.8 Å². The van der Waals surface area contributed by atoms with Crippen molar-refractivity contribution in [1.82, 2.24) is 0 Å². The molecule has 0 aliphatic heterocycles. The second-order valence-electron chi connectivity index (χ2n) is 3.28. The lowest BCUT2D eigenvalue weighted by Gasteiger charge is -1.93. The van der Waals surface area contributed by atoms with Crippen molar-refractivity contribution in [2.75, 3.05) is 0 Å². The van der Waals surface area contributed by atoms with Gasteiger partial charge < -0.3 is 0 Å². The van der Waals surface area contributed by atoms with E-state index in [4.69, 9.17) is 0 Å². The Morgan fingerprint density at radius 2 is 2.56 bits per heavy atom. The highest BCUT2D eigenvalue weighted by atomic mass is 14.5. The minimum atomic E-state index is 1.05. The van der Waals surface area contributed by atoms with E-state index in [1.165, 1.54) is 25.7 Å². The standard InChI is InChI=1S/C9H14/c1-2-4-7-8-5-3-6-9(7)8/h5,7,9H,2-4,6H2,1H3. The second-order valence-corrected chi connectivity index (χ2v) is 3.28. The maximum absolute atomic E-state index is 2.46. The summed E-state index contributed by atoms with van der Waals surface area (Å²) >= 11 is 0. The normalized spacial score (nSPS) is 38.1. The molecule has 2 unspecified atom stereocenters. The van der Waals surface area contributed by atoms with Gasteiger partial charge in [-0.05, 0) is 31.1 Å². The minimum Gasteiger partial charge on any atom is -0.0847 e. The quantitative estimate of drug-likeness (QED) is 0.494. The van der Waals surface area contributed by atoms with Crippen LogP contribution in [0.4, 0.5) is 0 Å². The van der Waals surface area contributed by atoms with E-state index >= 15 is 0 Å². The van der Waals surface area contributed by atoms with E-state index in [0.29, 0.717) is 0 Å². The van der Waals surface area contributed by atoms with Crippen molar-refractivity contribution in [2.45, 2.75) is 32.6 Å². The highest BCUT2D eigenvalue weighted by molar-refractivity contribution is 5.33. The zero-order chi connectivity index (χ0) is 6.27. The van der Waals surface area contributed by atoms with Crippen molar-refractivity contribution < 1.29 is 0 Å². The van der Waals surface area contributed by atoms with E-state index in [-0.39, 0.29) is 0 Å². The van der Waals surface area contributed by atoms with Crippen LogP contribution < -0.4 is 0 Å². The molecule has 0 radical (unpaired) electrons. The van der Waals surface area contributed by atoms with Crippen LogP contribution in [-0.4, -0.2) is 0 Å².